The van der Waals surface area contributed by atoms with Crippen LogP contribution in [0.4, 0.5) is 0 Å². The van der Waals surface area contributed by atoms with E-state index in [-0.39, 0.29) is 23.1 Å². The maximum absolute atomic E-state index is 9.56. The Labute approximate surface area is 60.6 Å². The molecule has 0 amide bonds. The van der Waals surface area contributed by atoms with E-state index in [1.165, 1.54) is 0 Å². The highest BCUT2D eigenvalue weighted by molar-refractivity contribution is 5.75. The van der Waals surface area contributed by atoms with Gasteiger partial charge in [-0.15, -0.1) is 0 Å². The van der Waals surface area contributed by atoms with Crippen LogP contribution in [-0.4, -0.2) is 29.3 Å². The lowest BCUT2D eigenvalue weighted by Gasteiger charge is -1.79. The Hall–Kier alpha value is 0.436. The maximum Gasteiger partial charge on any atom is 0.316 e. The summed E-state index contributed by atoms with van der Waals surface area (Å²) in [5.41, 5.74) is 0. The predicted octanol–water partition coefficient (Wildman–Crippen LogP) is 0.459. The average molecular weight is 112 g/mol. The summed E-state index contributed by atoms with van der Waals surface area (Å²) in [6.07, 6.45) is 3.86. The van der Waals surface area contributed by atoms with Gasteiger partial charge in [0.1, 0.15) is 6.29 Å². The first-order chi connectivity index (χ1) is 2.91. The predicted molar refractivity (Wildman–Crippen MR) is 34.1 cm³/mol. The maximum atomic E-state index is 9.56. The first kappa shape index (κ1) is 10.4. The minimum Gasteiger partial charge on any atom is -0.303 e. The Balaban J connectivity index is 0. The molecule has 0 aromatic rings. The van der Waals surface area contributed by atoms with E-state index in [0.29, 0.717) is 0 Å². The fourth-order valence-electron chi connectivity index (χ4n) is 0.287. The normalized spacial score (nSPS) is 7.00. The number of unbranched alkanes of at least 4 members (excludes halogenated alkanes) is 2. The van der Waals surface area contributed by atoms with Gasteiger partial charge in [-0.2, -0.15) is 0 Å². The van der Waals surface area contributed by atoms with Crippen LogP contribution in [0.2, 0.25) is 0 Å². The smallest absolute Gasteiger partial charge is 0.303 e. The summed E-state index contributed by atoms with van der Waals surface area (Å²) < 4.78 is 0. The van der Waals surface area contributed by atoms with Crippen molar-refractivity contribution >= 4 is 29.3 Å². The van der Waals surface area contributed by atoms with Crippen LogP contribution in [0.25, 0.3) is 0 Å². The summed E-state index contributed by atoms with van der Waals surface area (Å²) in [5, 5.41) is 0. The molecule has 0 fully saturated rings. The number of carbonyl (C=O) groups excluding carboxylic acids is 1. The number of hydrogen-bond acceptors (Lipinski definition) is 1. The average Bonchev–Trinajstić information content (AvgIpc) is 1.61. The molecule has 0 aliphatic rings. The zero-order valence-electron chi connectivity index (χ0n) is 4.11. The first-order valence-corrected chi connectivity index (χ1v) is 2.35. The highest BCUT2D eigenvalue weighted by Gasteiger charge is 1.74. The zero-order valence-corrected chi connectivity index (χ0v) is 4.11. The Kier molecular flexibility index (Phi) is 14.4. The molecule has 0 saturated carbocycles. The van der Waals surface area contributed by atoms with E-state index in [2.05, 4.69) is 6.92 Å². The van der Waals surface area contributed by atoms with Crippen molar-refractivity contribution in [3.05, 3.63) is 0 Å². The second-order valence-electron chi connectivity index (χ2n) is 1.31. The number of hydrogen-bond donors (Lipinski definition) is 0. The van der Waals surface area contributed by atoms with Gasteiger partial charge < -0.3 is 4.79 Å². The molecule has 0 N–H and O–H groups in total. The second kappa shape index (κ2) is 9.66. The molecule has 0 heterocycles. The highest BCUT2D eigenvalue weighted by atomic mass is 24.3. The molecule has 0 aliphatic heterocycles. The van der Waals surface area contributed by atoms with Crippen molar-refractivity contribution in [1.82, 2.24) is 0 Å². The van der Waals surface area contributed by atoms with Crippen LogP contribution in [-0.2, 0) is 4.79 Å². The van der Waals surface area contributed by atoms with Gasteiger partial charge in [-0.3, -0.25) is 0 Å². The summed E-state index contributed by atoms with van der Waals surface area (Å²) in [7, 11) is 0. The molecule has 0 aromatic heterocycles. The molecule has 0 rings (SSSR count). The zero-order chi connectivity index (χ0) is 4.83. The van der Waals surface area contributed by atoms with Gasteiger partial charge in [0, 0.05) is 6.42 Å². The summed E-state index contributed by atoms with van der Waals surface area (Å²) in [6, 6.07) is 0. The molecule has 0 saturated heterocycles. The van der Waals surface area contributed by atoms with Gasteiger partial charge in [0.15, 0.2) is 0 Å². The molecular weight excluding hydrogens is 100 g/mol. The van der Waals surface area contributed by atoms with Crippen molar-refractivity contribution in [3.8, 4) is 0 Å². The highest BCUT2D eigenvalue weighted by Crippen LogP contribution is 1.87. The summed E-state index contributed by atoms with van der Waals surface area (Å²) in [6.45, 7) is 2.07. The molecule has 40 valence electrons. The van der Waals surface area contributed by atoms with Crippen molar-refractivity contribution in [3.63, 3.8) is 0 Å². The monoisotopic (exact) mass is 112 g/mol. The van der Waals surface area contributed by atoms with Crippen molar-refractivity contribution in [2.45, 2.75) is 26.2 Å². The van der Waals surface area contributed by atoms with Crippen LogP contribution in [0.3, 0.4) is 0 Å². The molecule has 0 aromatic carbocycles. The van der Waals surface area contributed by atoms with Crippen LogP contribution >= 0.6 is 0 Å². The molecular formula is C5H12MgO. The largest absolute Gasteiger partial charge is 0.316 e. The van der Waals surface area contributed by atoms with Crippen molar-refractivity contribution < 1.29 is 4.79 Å². The lowest BCUT2D eigenvalue weighted by molar-refractivity contribution is -0.107. The standard InChI is InChI=1S/C5H10O.Mg.2H/c1-2-3-4-5-6;;;/h5H,2-4H2,1H3;;;. The molecule has 0 atom stereocenters. The van der Waals surface area contributed by atoms with Crippen molar-refractivity contribution in [2.24, 2.45) is 0 Å². The van der Waals surface area contributed by atoms with Gasteiger partial charge in [-0.05, 0) is 6.42 Å². The van der Waals surface area contributed by atoms with Crippen LogP contribution in [0, 0.1) is 0 Å². The van der Waals surface area contributed by atoms with Gasteiger partial charge in [0.2, 0.25) is 0 Å². The third kappa shape index (κ3) is 10.7. The van der Waals surface area contributed by atoms with Crippen LogP contribution in [0.15, 0.2) is 0 Å². The molecule has 2 heteroatoms. The number of aldehydes is 1. The number of rotatable bonds is 3. The molecule has 0 unspecified atom stereocenters. The molecule has 0 aliphatic carbocycles. The van der Waals surface area contributed by atoms with E-state index in [1.807, 2.05) is 0 Å². The topological polar surface area (TPSA) is 17.1 Å². The van der Waals surface area contributed by atoms with Crippen molar-refractivity contribution in [1.29, 1.82) is 0 Å². The van der Waals surface area contributed by atoms with Crippen LogP contribution in [0.5, 0.6) is 0 Å². The van der Waals surface area contributed by atoms with Crippen LogP contribution < -0.4 is 0 Å². The molecule has 0 radical (unpaired) electrons. The second-order valence-corrected chi connectivity index (χ2v) is 1.31. The summed E-state index contributed by atoms with van der Waals surface area (Å²) in [5.74, 6) is 0. The van der Waals surface area contributed by atoms with Crippen LogP contribution in [0.1, 0.15) is 26.2 Å². The minimum absolute atomic E-state index is 0. The fourth-order valence-corrected chi connectivity index (χ4v) is 0.287. The van der Waals surface area contributed by atoms with Gasteiger partial charge >= 0.3 is 23.1 Å². The third-order valence-corrected chi connectivity index (χ3v) is 0.676. The Morgan fingerprint density at radius 1 is 1.57 bits per heavy atom. The van der Waals surface area contributed by atoms with E-state index in [4.69, 9.17) is 0 Å². The summed E-state index contributed by atoms with van der Waals surface area (Å²) in [4.78, 5) is 9.56. The molecule has 0 spiro atoms. The van der Waals surface area contributed by atoms with Gasteiger partial charge in [-0.25, -0.2) is 0 Å². The Morgan fingerprint density at radius 3 is 2.29 bits per heavy atom. The van der Waals surface area contributed by atoms with Gasteiger partial charge in [0.05, 0.1) is 0 Å². The van der Waals surface area contributed by atoms with E-state index in [1.54, 1.807) is 0 Å². The quantitative estimate of drug-likeness (QED) is 0.295. The minimum atomic E-state index is 0. The SMILES string of the molecule is CCCCC=O.[MgH2]. The molecule has 7 heavy (non-hydrogen) atoms. The first-order valence-electron chi connectivity index (χ1n) is 2.35. The van der Waals surface area contributed by atoms with E-state index < -0.39 is 0 Å². The molecule has 1 nitrogen and oxygen atoms in total. The van der Waals surface area contributed by atoms with E-state index in [0.717, 1.165) is 25.5 Å². The van der Waals surface area contributed by atoms with Gasteiger partial charge in [-0.1, -0.05) is 13.3 Å². The van der Waals surface area contributed by atoms with E-state index >= 15 is 0 Å². The summed E-state index contributed by atoms with van der Waals surface area (Å²) >= 11 is 0. The van der Waals surface area contributed by atoms with Crippen molar-refractivity contribution in [2.75, 3.05) is 0 Å². The van der Waals surface area contributed by atoms with E-state index in [9.17, 15) is 4.79 Å². The van der Waals surface area contributed by atoms with Gasteiger partial charge in [0.25, 0.3) is 0 Å². The Morgan fingerprint density at radius 2 is 2.14 bits per heavy atom. The molecule has 0 bridgehead atoms. The lowest BCUT2D eigenvalue weighted by atomic mass is 10.3. The Bertz CT molecular complexity index is 37.1. The lowest BCUT2D eigenvalue weighted by Crippen LogP contribution is -1.70. The third-order valence-electron chi connectivity index (χ3n) is 0.676. The number of carbonyl (C=O) groups is 1. The fraction of sp³-hybridized carbons (Fsp3) is 0.800.